The molecule has 2 aromatic carbocycles. The van der Waals surface area contributed by atoms with Crippen molar-refractivity contribution < 1.29 is 19.1 Å². The molecule has 1 aromatic heterocycles. The van der Waals surface area contributed by atoms with Crippen molar-refractivity contribution in [1.29, 1.82) is 0 Å². The SMILES string of the molecule is CCCc1nc2cc(N(Cc3ccc(F)cc3)C(=O)C3CC3)ccc2n1CC(=O)O. The minimum atomic E-state index is -0.919. The average Bonchev–Trinajstić information content (AvgIpc) is 3.51. The minimum Gasteiger partial charge on any atom is -0.480 e. The zero-order chi connectivity index (χ0) is 21.3. The topological polar surface area (TPSA) is 75.4 Å². The monoisotopic (exact) mass is 409 g/mol. The molecule has 1 amide bonds. The lowest BCUT2D eigenvalue weighted by molar-refractivity contribution is -0.137. The molecule has 1 heterocycles. The molecule has 4 rings (SSSR count). The molecule has 7 heteroatoms. The van der Waals surface area contributed by atoms with E-state index in [0.717, 1.165) is 36.2 Å². The Bertz CT molecular complexity index is 1090. The van der Waals surface area contributed by atoms with Crippen molar-refractivity contribution in [2.75, 3.05) is 4.90 Å². The summed E-state index contributed by atoms with van der Waals surface area (Å²) >= 11 is 0. The third-order valence-corrected chi connectivity index (χ3v) is 5.34. The molecule has 3 aromatic rings. The van der Waals surface area contributed by atoms with Crippen molar-refractivity contribution in [3.8, 4) is 0 Å². The molecule has 0 aliphatic heterocycles. The number of carbonyl (C=O) groups excluding carboxylic acids is 1. The van der Waals surface area contributed by atoms with Gasteiger partial charge in [-0.1, -0.05) is 19.1 Å². The molecule has 6 nitrogen and oxygen atoms in total. The maximum atomic E-state index is 13.3. The first kappa shape index (κ1) is 20.1. The van der Waals surface area contributed by atoms with Crippen molar-refractivity contribution in [3.05, 3.63) is 59.7 Å². The normalized spacial score (nSPS) is 13.5. The molecule has 0 unspecified atom stereocenters. The lowest BCUT2D eigenvalue weighted by Gasteiger charge is -2.23. The number of fused-ring (bicyclic) bond motifs is 1. The number of hydrogen-bond donors (Lipinski definition) is 1. The molecule has 156 valence electrons. The van der Waals surface area contributed by atoms with E-state index in [4.69, 9.17) is 0 Å². The van der Waals surface area contributed by atoms with E-state index in [2.05, 4.69) is 4.98 Å². The summed E-state index contributed by atoms with van der Waals surface area (Å²) in [6.07, 6.45) is 3.30. The number of carboxylic acid groups (broad SMARTS) is 1. The Hall–Kier alpha value is -3.22. The van der Waals surface area contributed by atoms with Crippen molar-refractivity contribution in [2.24, 2.45) is 5.92 Å². The number of nitrogens with zero attached hydrogens (tertiary/aromatic N) is 3. The highest BCUT2D eigenvalue weighted by Gasteiger charge is 2.34. The Kier molecular flexibility index (Phi) is 5.53. The van der Waals surface area contributed by atoms with Gasteiger partial charge in [-0.25, -0.2) is 9.37 Å². The van der Waals surface area contributed by atoms with Gasteiger partial charge in [-0.3, -0.25) is 9.59 Å². The van der Waals surface area contributed by atoms with Crippen molar-refractivity contribution in [1.82, 2.24) is 9.55 Å². The molecule has 1 saturated carbocycles. The number of aryl methyl sites for hydroxylation is 1. The van der Waals surface area contributed by atoms with Gasteiger partial charge in [0.1, 0.15) is 18.2 Å². The Labute approximate surface area is 173 Å². The second-order valence-corrected chi connectivity index (χ2v) is 7.76. The van der Waals surface area contributed by atoms with Gasteiger partial charge >= 0.3 is 5.97 Å². The number of aliphatic carboxylic acids is 1. The third kappa shape index (κ3) is 4.20. The lowest BCUT2D eigenvalue weighted by Crippen LogP contribution is -2.31. The van der Waals surface area contributed by atoms with Crippen LogP contribution in [0.2, 0.25) is 0 Å². The van der Waals surface area contributed by atoms with Crippen LogP contribution in [0.1, 0.15) is 37.6 Å². The fourth-order valence-electron chi connectivity index (χ4n) is 3.68. The molecule has 0 saturated heterocycles. The third-order valence-electron chi connectivity index (χ3n) is 5.34. The van der Waals surface area contributed by atoms with Gasteiger partial charge in [0.05, 0.1) is 17.6 Å². The van der Waals surface area contributed by atoms with E-state index in [1.54, 1.807) is 21.6 Å². The lowest BCUT2D eigenvalue weighted by atomic mass is 10.1. The highest BCUT2D eigenvalue weighted by atomic mass is 19.1. The Morgan fingerprint density at radius 2 is 1.93 bits per heavy atom. The van der Waals surface area contributed by atoms with Crippen LogP contribution in [0.25, 0.3) is 11.0 Å². The van der Waals surface area contributed by atoms with E-state index in [-0.39, 0.29) is 24.2 Å². The van der Waals surface area contributed by atoms with Crippen molar-refractivity contribution >= 4 is 28.6 Å². The number of carboxylic acids is 1. The maximum absolute atomic E-state index is 13.3. The molecular weight excluding hydrogens is 385 g/mol. The second kappa shape index (κ2) is 8.26. The zero-order valence-electron chi connectivity index (χ0n) is 16.8. The summed E-state index contributed by atoms with van der Waals surface area (Å²) in [5.41, 5.74) is 2.97. The highest BCUT2D eigenvalue weighted by Crippen LogP contribution is 2.34. The smallest absolute Gasteiger partial charge is 0.323 e. The van der Waals surface area contributed by atoms with Crippen LogP contribution < -0.4 is 4.90 Å². The Balaban J connectivity index is 1.72. The van der Waals surface area contributed by atoms with Crippen LogP contribution in [0.3, 0.4) is 0 Å². The summed E-state index contributed by atoms with van der Waals surface area (Å²) in [5.74, 6) is -0.422. The molecule has 0 radical (unpaired) electrons. The maximum Gasteiger partial charge on any atom is 0.323 e. The number of halogens is 1. The van der Waals surface area contributed by atoms with Gasteiger partial charge in [-0.15, -0.1) is 0 Å². The summed E-state index contributed by atoms with van der Waals surface area (Å²) in [5, 5.41) is 9.28. The van der Waals surface area contributed by atoms with Crippen LogP contribution in [0.4, 0.5) is 10.1 Å². The van der Waals surface area contributed by atoms with E-state index in [1.807, 2.05) is 25.1 Å². The highest BCUT2D eigenvalue weighted by molar-refractivity contribution is 5.98. The van der Waals surface area contributed by atoms with Gasteiger partial charge in [0, 0.05) is 18.0 Å². The molecule has 0 bridgehead atoms. The predicted octanol–water partition coefficient (Wildman–Crippen LogP) is 4.16. The van der Waals surface area contributed by atoms with Crippen LogP contribution in [0.5, 0.6) is 0 Å². The first-order chi connectivity index (χ1) is 14.5. The van der Waals surface area contributed by atoms with Gasteiger partial charge < -0.3 is 14.6 Å². The van der Waals surface area contributed by atoms with Gasteiger partial charge in [-0.2, -0.15) is 0 Å². The van der Waals surface area contributed by atoms with E-state index in [1.165, 1.54) is 12.1 Å². The first-order valence-electron chi connectivity index (χ1n) is 10.2. The van der Waals surface area contributed by atoms with Crippen molar-refractivity contribution in [2.45, 2.75) is 45.7 Å². The molecule has 1 fully saturated rings. The van der Waals surface area contributed by atoms with Gasteiger partial charge in [0.15, 0.2) is 0 Å². The quantitative estimate of drug-likeness (QED) is 0.606. The molecule has 0 atom stereocenters. The van der Waals surface area contributed by atoms with E-state index >= 15 is 0 Å². The van der Waals surface area contributed by atoms with Gasteiger partial charge in [-0.05, 0) is 55.2 Å². The van der Waals surface area contributed by atoms with Crippen LogP contribution in [-0.2, 0) is 29.1 Å². The number of anilines is 1. The standard InChI is InChI=1S/C23H24FN3O3/c1-2-3-21-25-19-12-18(10-11-20(19)27(21)14-22(28)29)26(23(30)16-6-7-16)13-15-4-8-17(24)9-5-15/h4-5,8-12,16H,2-3,6-7,13-14H2,1H3,(H,28,29). The summed E-state index contributed by atoms with van der Waals surface area (Å²) in [6, 6.07) is 11.7. The predicted molar refractivity (Wildman–Crippen MR) is 112 cm³/mol. The average molecular weight is 409 g/mol. The zero-order valence-corrected chi connectivity index (χ0v) is 16.8. The molecule has 1 N–H and O–H groups in total. The molecule has 30 heavy (non-hydrogen) atoms. The number of aromatic nitrogens is 2. The van der Waals surface area contributed by atoms with Gasteiger partial charge in [0.25, 0.3) is 0 Å². The van der Waals surface area contributed by atoms with Crippen LogP contribution in [0.15, 0.2) is 42.5 Å². The summed E-state index contributed by atoms with van der Waals surface area (Å²) in [6.45, 7) is 2.22. The van der Waals surface area contributed by atoms with Crippen LogP contribution in [-0.4, -0.2) is 26.5 Å². The van der Waals surface area contributed by atoms with E-state index in [9.17, 15) is 19.1 Å². The summed E-state index contributed by atoms with van der Waals surface area (Å²) in [4.78, 5) is 30.7. The van der Waals surface area contributed by atoms with Crippen LogP contribution >= 0.6 is 0 Å². The van der Waals surface area contributed by atoms with E-state index < -0.39 is 5.97 Å². The Morgan fingerprint density at radius 1 is 1.20 bits per heavy atom. The molecule has 1 aliphatic carbocycles. The molecular formula is C23H24FN3O3. The number of rotatable bonds is 8. The summed E-state index contributed by atoms with van der Waals surface area (Å²) in [7, 11) is 0. The Morgan fingerprint density at radius 3 is 2.57 bits per heavy atom. The van der Waals surface area contributed by atoms with Gasteiger partial charge in [0.2, 0.25) is 5.91 Å². The molecule has 1 aliphatic rings. The number of imidazole rings is 1. The number of benzene rings is 2. The van der Waals surface area contributed by atoms with E-state index in [0.29, 0.717) is 24.2 Å². The largest absolute Gasteiger partial charge is 0.480 e. The minimum absolute atomic E-state index is 0.0290. The second-order valence-electron chi connectivity index (χ2n) is 7.76. The number of amides is 1. The fraction of sp³-hybridized carbons (Fsp3) is 0.348. The molecule has 0 spiro atoms. The fourth-order valence-corrected chi connectivity index (χ4v) is 3.68. The first-order valence-corrected chi connectivity index (χ1v) is 10.2. The van der Waals surface area contributed by atoms with Crippen LogP contribution in [0, 0.1) is 11.7 Å². The number of carbonyl (C=O) groups is 2. The summed E-state index contributed by atoms with van der Waals surface area (Å²) < 4.78 is 15.0. The van der Waals surface area contributed by atoms with Crippen molar-refractivity contribution in [3.63, 3.8) is 0 Å². The number of hydrogen-bond acceptors (Lipinski definition) is 3.